The highest BCUT2D eigenvalue weighted by molar-refractivity contribution is 7.99. The molecule has 1 aliphatic carbocycles. The lowest BCUT2D eigenvalue weighted by molar-refractivity contribution is -0.127. The van der Waals surface area contributed by atoms with Crippen molar-refractivity contribution < 1.29 is 9.90 Å². The summed E-state index contributed by atoms with van der Waals surface area (Å²) in [6, 6.07) is 0.116. The highest BCUT2D eigenvalue weighted by Crippen LogP contribution is 2.31. The third-order valence-corrected chi connectivity index (χ3v) is 5.83. The molecule has 148 valence electrons. The topological polar surface area (TPSA) is 75.4 Å². The van der Waals surface area contributed by atoms with E-state index in [2.05, 4.69) is 4.98 Å². The number of carbonyl (C=O) groups is 1. The molecule has 1 fully saturated rings. The number of aromatic hydroxyl groups is 1. The zero-order valence-electron chi connectivity index (χ0n) is 15.9. The summed E-state index contributed by atoms with van der Waals surface area (Å²) in [6.07, 6.45) is 5.75. The van der Waals surface area contributed by atoms with Gasteiger partial charge < -0.3 is 10.0 Å². The highest BCUT2D eigenvalue weighted by Gasteiger charge is 2.24. The molecular weight excluding hydrogens is 374 g/mol. The van der Waals surface area contributed by atoms with Crippen LogP contribution in [0.3, 0.4) is 0 Å². The molecule has 26 heavy (non-hydrogen) atoms. The normalized spacial score (nSPS) is 14.7. The Morgan fingerprint density at radius 3 is 2.38 bits per heavy atom. The maximum absolute atomic E-state index is 12.9. The molecule has 1 N–H and O–H groups in total. The molecular formula is C18H30ClN3O3S. The molecule has 1 heterocycles. The molecule has 1 aromatic rings. The van der Waals surface area contributed by atoms with Gasteiger partial charge in [0.05, 0.1) is 11.3 Å². The van der Waals surface area contributed by atoms with Crippen molar-refractivity contribution in [1.82, 2.24) is 14.5 Å². The Labute approximate surface area is 165 Å². The summed E-state index contributed by atoms with van der Waals surface area (Å²) in [5.74, 6) is 0.0574. The molecule has 1 amide bonds. The van der Waals surface area contributed by atoms with Gasteiger partial charge in [-0.3, -0.25) is 14.2 Å². The lowest BCUT2D eigenvalue weighted by Gasteiger charge is -2.26. The molecule has 0 bridgehead atoms. The predicted octanol–water partition coefficient (Wildman–Crippen LogP) is 3.40. The molecule has 0 unspecified atom stereocenters. The minimum absolute atomic E-state index is 0. The fourth-order valence-corrected chi connectivity index (χ4v) is 4.36. The average molecular weight is 404 g/mol. The highest BCUT2D eigenvalue weighted by atomic mass is 35.5. The van der Waals surface area contributed by atoms with Gasteiger partial charge in [0, 0.05) is 19.1 Å². The predicted molar refractivity (Wildman–Crippen MR) is 108 cm³/mol. The first-order valence-electron chi connectivity index (χ1n) is 9.28. The smallest absolute Gasteiger partial charge is 0.261 e. The standard InChI is InChI=1S/C18H29N3O3S.ClH/c1-4-14-16(23)19-18(25-12-15(22)20(5-2)6-3)21(17(14)24)13-10-8-7-9-11-13;/h13,23H,4-12H2,1-3H3;1H. The Bertz CT molecular complexity index is 656. The van der Waals surface area contributed by atoms with Gasteiger partial charge in [-0.15, -0.1) is 12.4 Å². The van der Waals surface area contributed by atoms with E-state index in [0.717, 1.165) is 25.7 Å². The van der Waals surface area contributed by atoms with E-state index >= 15 is 0 Å². The van der Waals surface area contributed by atoms with E-state index in [4.69, 9.17) is 0 Å². The van der Waals surface area contributed by atoms with Gasteiger partial charge in [0.1, 0.15) is 0 Å². The number of rotatable bonds is 7. The van der Waals surface area contributed by atoms with Crippen LogP contribution in [-0.4, -0.2) is 44.3 Å². The number of hydrogen-bond donors (Lipinski definition) is 1. The van der Waals surface area contributed by atoms with Gasteiger partial charge in [0.15, 0.2) is 5.16 Å². The fraction of sp³-hybridized carbons (Fsp3) is 0.722. The lowest BCUT2D eigenvalue weighted by atomic mass is 9.95. The minimum Gasteiger partial charge on any atom is -0.493 e. The van der Waals surface area contributed by atoms with Crippen LogP contribution in [0, 0.1) is 0 Å². The van der Waals surface area contributed by atoms with Crippen molar-refractivity contribution in [1.29, 1.82) is 0 Å². The molecule has 0 atom stereocenters. The van der Waals surface area contributed by atoms with Crippen LogP contribution in [0.1, 0.15) is 64.5 Å². The van der Waals surface area contributed by atoms with Crippen LogP contribution in [0.2, 0.25) is 0 Å². The van der Waals surface area contributed by atoms with Crippen molar-refractivity contribution in [3.8, 4) is 5.88 Å². The van der Waals surface area contributed by atoms with Gasteiger partial charge in [-0.1, -0.05) is 37.9 Å². The van der Waals surface area contributed by atoms with Crippen molar-refractivity contribution in [2.75, 3.05) is 18.8 Å². The molecule has 1 aliphatic rings. The number of carbonyl (C=O) groups excluding carboxylic acids is 1. The zero-order chi connectivity index (χ0) is 18.4. The molecule has 2 rings (SSSR count). The van der Waals surface area contributed by atoms with E-state index in [1.807, 2.05) is 20.8 Å². The SMILES string of the molecule is CCc1c(O)nc(SCC(=O)N(CC)CC)n(C2CCCCC2)c1=O.Cl. The van der Waals surface area contributed by atoms with E-state index in [1.54, 1.807) is 9.47 Å². The molecule has 0 spiro atoms. The molecule has 1 saturated carbocycles. The molecule has 0 saturated heterocycles. The van der Waals surface area contributed by atoms with Crippen molar-refractivity contribution in [2.45, 2.75) is 70.5 Å². The second-order valence-electron chi connectivity index (χ2n) is 6.37. The van der Waals surface area contributed by atoms with Crippen molar-refractivity contribution in [3.63, 3.8) is 0 Å². The number of halogens is 1. The number of hydrogen-bond acceptors (Lipinski definition) is 5. The van der Waals surface area contributed by atoms with E-state index in [0.29, 0.717) is 30.2 Å². The largest absolute Gasteiger partial charge is 0.493 e. The van der Waals surface area contributed by atoms with Gasteiger partial charge in [0.2, 0.25) is 11.8 Å². The van der Waals surface area contributed by atoms with Crippen LogP contribution in [-0.2, 0) is 11.2 Å². The van der Waals surface area contributed by atoms with Crippen molar-refractivity contribution in [3.05, 3.63) is 15.9 Å². The van der Waals surface area contributed by atoms with Crippen LogP contribution in [0.4, 0.5) is 0 Å². The van der Waals surface area contributed by atoms with E-state index < -0.39 is 0 Å². The summed E-state index contributed by atoms with van der Waals surface area (Å²) in [6.45, 7) is 7.08. The maximum atomic E-state index is 12.9. The van der Waals surface area contributed by atoms with E-state index in [-0.39, 0.29) is 41.5 Å². The monoisotopic (exact) mass is 403 g/mol. The summed E-state index contributed by atoms with van der Waals surface area (Å²) in [5.41, 5.74) is 0.213. The average Bonchev–Trinajstić information content (AvgIpc) is 2.62. The van der Waals surface area contributed by atoms with Gasteiger partial charge >= 0.3 is 0 Å². The van der Waals surface area contributed by atoms with Crippen LogP contribution >= 0.6 is 24.2 Å². The van der Waals surface area contributed by atoms with Gasteiger partial charge in [0.25, 0.3) is 5.56 Å². The van der Waals surface area contributed by atoms with Crippen LogP contribution < -0.4 is 5.56 Å². The Morgan fingerprint density at radius 2 is 1.85 bits per heavy atom. The van der Waals surface area contributed by atoms with Crippen LogP contribution in [0.15, 0.2) is 9.95 Å². The van der Waals surface area contributed by atoms with Crippen molar-refractivity contribution in [2.24, 2.45) is 0 Å². The molecule has 0 aromatic carbocycles. The number of thioether (sulfide) groups is 1. The van der Waals surface area contributed by atoms with Gasteiger partial charge in [-0.2, -0.15) is 4.98 Å². The molecule has 0 aliphatic heterocycles. The lowest BCUT2D eigenvalue weighted by Crippen LogP contribution is -2.33. The second kappa shape index (κ2) is 10.8. The van der Waals surface area contributed by atoms with Crippen LogP contribution in [0.25, 0.3) is 0 Å². The molecule has 8 heteroatoms. The van der Waals surface area contributed by atoms with Crippen LogP contribution in [0.5, 0.6) is 5.88 Å². The number of aromatic nitrogens is 2. The number of amides is 1. The first kappa shape index (κ1) is 22.8. The Kier molecular flexibility index (Phi) is 9.50. The summed E-state index contributed by atoms with van der Waals surface area (Å²) < 4.78 is 1.73. The second-order valence-corrected chi connectivity index (χ2v) is 7.31. The van der Waals surface area contributed by atoms with Crippen molar-refractivity contribution >= 4 is 30.1 Å². The summed E-state index contributed by atoms with van der Waals surface area (Å²) >= 11 is 1.26. The Hall–Kier alpha value is -1.21. The van der Waals surface area contributed by atoms with Gasteiger partial charge in [-0.05, 0) is 33.1 Å². The zero-order valence-corrected chi connectivity index (χ0v) is 17.5. The molecule has 1 aromatic heterocycles. The summed E-state index contributed by atoms with van der Waals surface area (Å²) in [7, 11) is 0. The summed E-state index contributed by atoms with van der Waals surface area (Å²) in [4.78, 5) is 31.2. The quantitative estimate of drug-likeness (QED) is 0.557. The van der Waals surface area contributed by atoms with Gasteiger partial charge in [-0.25, -0.2) is 0 Å². The van der Waals surface area contributed by atoms with E-state index in [9.17, 15) is 14.7 Å². The summed E-state index contributed by atoms with van der Waals surface area (Å²) in [5, 5.41) is 10.6. The first-order chi connectivity index (χ1) is 12.0. The molecule has 6 nitrogen and oxygen atoms in total. The molecule has 0 radical (unpaired) electrons. The fourth-order valence-electron chi connectivity index (χ4n) is 3.41. The Balaban J connectivity index is 0.00000338. The maximum Gasteiger partial charge on any atom is 0.261 e. The Morgan fingerprint density at radius 1 is 1.23 bits per heavy atom. The minimum atomic E-state index is -0.197. The third kappa shape index (κ3) is 5.16. The third-order valence-electron chi connectivity index (χ3n) is 4.89. The first-order valence-corrected chi connectivity index (χ1v) is 10.3. The van der Waals surface area contributed by atoms with E-state index in [1.165, 1.54) is 18.2 Å². The number of nitrogens with zero attached hydrogens (tertiary/aromatic N) is 3.